The van der Waals surface area contributed by atoms with Gasteiger partial charge in [0.1, 0.15) is 0 Å². The van der Waals surface area contributed by atoms with E-state index < -0.39 is 0 Å². The molecule has 0 fully saturated rings. The molecule has 0 heterocycles. The van der Waals surface area contributed by atoms with Crippen molar-refractivity contribution in [1.82, 2.24) is 0 Å². The van der Waals surface area contributed by atoms with Gasteiger partial charge in [0.25, 0.3) is 0 Å². The van der Waals surface area contributed by atoms with E-state index in [0.29, 0.717) is 5.02 Å². The summed E-state index contributed by atoms with van der Waals surface area (Å²) in [5.41, 5.74) is 2.21. The number of rotatable bonds is 1. The average molecular weight is 197 g/mol. The Hall–Kier alpha value is -1.02. The van der Waals surface area contributed by atoms with E-state index in [1.165, 1.54) is 12.7 Å². The molecule has 0 aliphatic heterocycles. The summed E-state index contributed by atoms with van der Waals surface area (Å²) in [4.78, 5) is 11.2. The van der Waals surface area contributed by atoms with Crippen LogP contribution in [0.5, 0.6) is 0 Å². The smallest absolute Gasteiger partial charge is 0.313 e. The Kier molecular flexibility index (Phi) is 2.00. The molecule has 1 aliphatic carbocycles. The van der Waals surface area contributed by atoms with Gasteiger partial charge in [-0.15, -0.1) is 0 Å². The monoisotopic (exact) mass is 196 g/mol. The fraction of sp³-hybridized carbons (Fsp3) is 0.300. The van der Waals surface area contributed by atoms with Crippen molar-refractivity contribution in [2.75, 3.05) is 7.11 Å². The maximum Gasteiger partial charge on any atom is 0.313 e. The highest BCUT2D eigenvalue weighted by Crippen LogP contribution is 2.37. The molecule has 0 saturated carbocycles. The Bertz CT molecular complexity index is 360. The van der Waals surface area contributed by atoms with Gasteiger partial charge >= 0.3 is 5.97 Å². The van der Waals surface area contributed by atoms with Gasteiger partial charge in [0.15, 0.2) is 0 Å². The molecule has 0 N–H and O–H groups in total. The number of ether oxygens (including phenoxy) is 1. The lowest BCUT2D eigenvalue weighted by Crippen LogP contribution is -2.26. The third kappa shape index (κ3) is 1.31. The van der Waals surface area contributed by atoms with Crippen molar-refractivity contribution in [2.24, 2.45) is 0 Å². The largest absolute Gasteiger partial charge is 0.469 e. The molecule has 0 aromatic heterocycles. The number of hydrogen-bond acceptors (Lipinski definition) is 2. The van der Waals surface area contributed by atoms with Gasteiger partial charge in [0.2, 0.25) is 0 Å². The Morgan fingerprint density at radius 3 is 3.08 bits per heavy atom. The number of halogens is 1. The number of carbonyl (C=O) groups is 1. The summed E-state index contributed by atoms with van der Waals surface area (Å²) in [6.07, 6.45) is 0.777. The highest BCUT2D eigenvalue weighted by molar-refractivity contribution is 6.30. The molecule has 13 heavy (non-hydrogen) atoms. The van der Waals surface area contributed by atoms with Crippen molar-refractivity contribution in [3.05, 3.63) is 34.3 Å². The lowest BCUT2D eigenvalue weighted by molar-refractivity contribution is -0.143. The molecule has 0 unspecified atom stereocenters. The first kappa shape index (κ1) is 8.57. The summed E-state index contributed by atoms with van der Waals surface area (Å²) in [5, 5.41) is 0.673. The summed E-state index contributed by atoms with van der Waals surface area (Å²) in [5.74, 6) is -0.270. The highest BCUT2D eigenvalue weighted by Gasteiger charge is 2.32. The van der Waals surface area contributed by atoms with E-state index in [1.807, 2.05) is 18.2 Å². The molecule has 2 nitrogen and oxygen atoms in total. The standard InChI is InChI=1S/C10H9ClO2/c1-13-10(12)9-4-6-2-3-7(11)5-8(6)9/h2-3,5,9H,4H2,1H3/t9-/m1/s1. The molecule has 1 aromatic carbocycles. The molecular formula is C10H9ClO2. The van der Waals surface area contributed by atoms with Crippen molar-refractivity contribution in [3.63, 3.8) is 0 Å². The Balaban J connectivity index is 2.30. The maximum atomic E-state index is 11.2. The SMILES string of the molecule is COC(=O)[C@@H]1Cc2ccc(Cl)cc21. The molecule has 68 valence electrons. The number of hydrogen-bond donors (Lipinski definition) is 0. The first-order chi connectivity index (χ1) is 6.22. The first-order valence-corrected chi connectivity index (χ1v) is 4.46. The quantitative estimate of drug-likeness (QED) is 0.644. The van der Waals surface area contributed by atoms with Crippen LogP contribution in [-0.4, -0.2) is 13.1 Å². The minimum atomic E-state index is -0.172. The van der Waals surface area contributed by atoms with E-state index in [9.17, 15) is 4.79 Å². The lowest BCUT2D eigenvalue weighted by atomic mass is 9.78. The van der Waals surface area contributed by atoms with Gasteiger partial charge in [-0.1, -0.05) is 17.7 Å². The van der Waals surface area contributed by atoms with Gasteiger partial charge in [-0.05, 0) is 29.7 Å². The third-order valence-corrected chi connectivity index (χ3v) is 2.63. The summed E-state index contributed by atoms with van der Waals surface area (Å²) >= 11 is 5.81. The average Bonchev–Trinajstić information content (AvgIpc) is 2.10. The topological polar surface area (TPSA) is 26.3 Å². The van der Waals surface area contributed by atoms with Crippen LogP contribution in [0.4, 0.5) is 0 Å². The molecule has 1 atom stereocenters. The first-order valence-electron chi connectivity index (χ1n) is 4.08. The zero-order valence-electron chi connectivity index (χ0n) is 7.21. The summed E-state index contributed by atoms with van der Waals surface area (Å²) < 4.78 is 4.67. The van der Waals surface area contributed by atoms with Gasteiger partial charge in [0, 0.05) is 5.02 Å². The van der Waals surface area contributed by atoms with E-state index in [0.717, 1.165) is 12.0 Å². The second kappa shape index (κ2) is 3.04. The molecule has 1 aliphatic rings. The molecule has 0 amide bonds. The van der Waals surface area contributed by atoms with Crippen LogP contribution in [-0.2, 0) is 16.0 Å². The van der Waals surface area contributed by atoms with Crippen molar-refractivity contribution >= 4 is 17.6 Å². The van der Waals surface area contributed by atoms with E-state index in [2.05, 4.69) is 4.74 Å². The van der Waals surface area contributed by atoms with Crippen molar-refractivity contribution in [1.29, 1.82) is 0 Å². The van der Waals surface area contributed by atoms with Gasteiger partial charge in [0.05, 0.1) is 13.0 Å². The van der Waals surface area contributed by atoms with Crippen LogP contribution in [0, 0.1) is 0 Å². The minimum absolute atomic E-state index is 0.0984. The molecule has 0 bridgehead atoms. The predicted molar refractivity (Wildman–Crippen MR) is 49.9 cm³/mol. The van der Waals surface area contributed by atoms with Crippen LogP contribution >= 0.6 is 11.6 Å². The Labute approximate surface area is 81.5 Å². The van der Waals surface area contributed by atoms with E-state index in [-0.39, 0.29) is 11.9 Å². The number of benzene rings is 1. The van der Waals surface area contributed by atoms with Crippen molar-refractivity contribution < 1.29 is 9.53 Å². The third-order valence-electron chi connectivity index (χ3n) is 2.39. The van der Waals surface area contributed by atoms with Crippen LogP contribution in [0.3, 0.4) is 0 Å². The van der Waals surface area contributed by atoms with E-state index in [4.69, 9.17) is 11.6 Å². The zero-order chi connectivity index (χ0) is 9.42. The van der Waals surface area contributed by atoms with Crippen molar-refractivity contribution in [3.8, 4) is 0 Å². The lowest BCUT2D eigenvalue weighted by Gasteiger charge is -2.27. The second-order valence-electron chi connectivity index (χ2n) is 3.12. The highest BCUT2D eigenvalue weighted by atomic mass is 35.5. The number of fused-ring (bicyclic) bond motifs is 1. The Morgan fingerprint density at radius 2 is 2.38 bits per heavy atom. The van der Waals surface area contributed by atoms with E-state index >= 15 is 0 Å². The molecule has 1 aromatic rings. The van der Waals surface area contributed by atoms with Crippen LogP contribution in [0.2, 0.25) is 5.02 Å². The molecule has 3 heteroatoms. The van der Waals surface area contributed by atoms with Crippen LogP contribution < -0.4 is 0 Å². The Morgan fingerprint density at radius 1 is 1.62 bits per heavy atom. The van der Waals surface area contributed by atoms with Crippen LogP contribution in [0.25, 0.3) is 0 Å². The van der Waals surface area contributed by atoms with Gasteiger partial charge in [-0.25, -0.2) is 0 Å². The van der Waals surface area contributed by atoms with Crippen LogP contribution in [0.15, 0.2) is 18.2 Å². The molecule has 2 rings (SSSR count). The molecule has 0 spiro atoms. The fourth-order valence-corrected chi connectivity index (χ4v) is 1.81. The molecule has 0 radical (unpaired) electrons. The fourth-order valence-electron chi connectivity index (χ4n) is 1.63. The molecule has 0 saturated heterocycles. The normalized spacial score (nSPS) is 18.8. The summed E-state index contributed by atoms with van der Waals surface area (Å²) in [6.45, 7) is 0. The number of methoxy groups -OCH3 is 1. The maximum absolute atomic E-state index is 11.2. The molecular weight excluding hydrogens is 188 g/mol. The van der Waals surface area contributed by atoms with Gasteiger partial charge in [-0.3, -0.25) is 4.79 Å². The van der Waals surface area contributed by atoms with Crippen molar-refractivity contribution in [2.45, 2.75) is 12.3 Å². The second-order valence-corrected chi connectivity index (χ2v) is 3.56. The number of carbonyl (C=O) groups excluding carboxylic acids is 1. The predicted octanol–water partition coefficient (Wildman–Crippen LogP) is 2.15. The number of esters is 1. The minimum Gasteiger partial charge on any atom is -0.469 e. The summed E-state index contributed by atoms with van der Waals surface area (Å²) in [6, 6.07) is 5.63. The van der Waals surface area contributed by atoms with E-state index in [1.54, 1.807) is 0 Å². The van der Waals surface area contributed by atoms with Gasteiger partial charge < -0.3 is 4.74 Å². The van der Waals surface area contributed by atoms with Gasteiger partial charge in [-0.2, -0.15) is 0 Å². The summed E-state index contributed by atoms with van der Waals surface area (Å²) in [7, 11) is 1.41. The van der Waals surface area contributed by atoms with Crippen LogP contribution in [0.1, 0.15) is 17.0 Å². The zero-order valence-corrected chi connectivity index (χ0v) is 7.97.